The molecule has 0 fully saturated rings. The molecule has 0 radical (unpaired) electrons. The minimum Gasteiger partial charge on any atom is -0.382 e. The van der Waals surface area contributed by atoms with Crippen LogP contribution in [0.15, 0.2) is 36.4 Å². The first-order valence-electron chi connectivity index (χ1n) is 6.37. The van der Waals surface area contributed by atoms with Crippen molar-refractivity contribution in [2.24, 2.45) is 0 Å². The number of carbonyl (C=O) groups is 2. The Hall–Kier alpha value is -2.83. The monoisotopic (exact) mass is 287 g/mol. The number of aromatic amines is 1. The van der Waals surface area contributed by atoms with Gasteiger partial charge in [0.25, 0.3) is 5.91 Å². The number of benzene rings is 1. The van der Waals surface area contributed by atoms with E-state index in [-0.39, 0.29) is 17.4 Å². The van der Waals surface area contributed by atoms with Crippen molar-refractivity contribution in [3.63, 3.8) is 0 Å². The molecule has 4 N–H and O–H groups in total. The van der Waals surface area contributed by atoms with E-state index in [1.807, 2.05) is 18.2 Å². The van der Waals surface area contributed by atoms with Crippen LogP contribution in [-0.4, -0.2) is 41.0 Å². The van der Waals surface area contributed by atoms with Crippen LogP contribution in [0.5, 0.6) is 0 Å². The van der Waals surface area contributed by atoms with Crippen molar-refractivity contribution < 1.29 is 9.59 Å². The highest BCUT2D eigenvalue weighted by Gasteiger charge is 2.25. The number of carbonyl (C=O) groups excluding carboxylic acids is 2. The number of H-pyrrole nitrogens is 1. The highest BCUT2D eigenvalue weighted by molar-refractivity contribution is 5.96. The lowest BCUT2D eigenvalue weighted by Crippen LogP contribution is -2.40. The fourth-order valence-electron chi connectivity index (χ4n) is 1.85. The molecule has 2 amide bonds. The van der Waals surface area contributed by atoms with Crippen molar-refractivity contribution in [2.75, 3.05) is 19.8 Å². The molecule has 0 bridgehead atoms. The fraction of sp³-hybridized carbons (Fsp3) is 0.214. The van der Waals surface area contributed by atoms with Crippen molar-refractivity contribution >= 4 is 17.6 Å². The number of anilines is 1. The Balaban J connectivity index is 2.24. The van der Waals surface area contributed by atoms with Gasteiger partial charge in [-0.1, -0.05) is 30.3 Å². The van der Waals surface area contributed by atoms with Gasteiger partial charge in [0.2, 0.25) is 5.91 Å². The van der Waals surface area contributed by atoms with Crippen LogP contribution in [0.25, 0.3) is 0 Å². The standard InChI is InChI=1S/C14H17N5O2/c1-19(2)14(21)12(9-6-4-3-5-7-9)16-13(20)10-8-11(15)18-17-10/h3-8,12H,1-2H3,(H,16,20)(H3,15,17,18). The van der Waals surface area contributed by atoms with Crippen molar-refractivity contribution in [3.8, 4) is 0 Å². The summed E-state index contributed by atoms with van der Waals surface area (Å²) in [6.45, 7) is 0. The summed E-state index contributed by atoms with van der Waals surface area (Å²) in [7, 11) is 3.28. The smallest absolute Gasteiger partial charge is 0.270 e. The molecule has 0 aliphatic rings. The molecule has 1 unspecified atom stereocenters. The van der Waals surface area contributed by atoms with E-state index in [0.717, 1.165) is 0 Å². The van der Waals surface area contributed by atoms with Crippen LogP contribution in [0, 0.1) is 0 Å². The summed E-state index contributed by atoms with van der Waals surface area (Å²) in [5.41, 5.74) is 6.38. The molecule has 110 valence electrons. The van der Waals surface area contributed by atoms with Gasteiger partial charge in [0, 0.05) is 20.2 Å². The molecule has 0 spiro atoms. The van der Waals surface area contributed by atoms with Crippen LogP contribution < -0.4 is 11.1 Å². The van der Waals surface area contributed by atoms with E-state index in [0.29, 0.717) is 5.56 Å². The van der Waals surface area contributed by atoms with Gasteiger partial charge in [0.15, 0.2) is 0 Å². The van der Waals surface area contributed by atoms with Crippen LogP contribution in [0.2, 0.25) is 0 Å². The van der Waals surface area contributed by atoms with E-state index in [1.54, 1.807) is 26.2 Å². The molecule has 2 rings (SSSR count). The summed E-state index contributed by atoms with van der Waals surface area (Å²) in [4.78, 5) is 25.9. The van der Waals surface area contributed by atoms with E-state index in [4.69, 9.17) is 5.73 Å². The zero-order valence-corrected chi connectivity index (χ0v) is 11.8. The number of likely N-dealkylation sites (N-methyl/N-ethyl adjacent to an activating group) is 1. The number of nitrogens with two attached hydrogens (primary N) is 1. The zero-order chi connectivity index (χ0) is 15.4. The maximum Gasteiger partial charge on any atom is 0.270 e. The van der Waals surface area contributed by atoms with E-state index >= 15 is 0 Å². The van der Waals surface area contributed by atoms with Gasteiger partial charge in [-0.05, 0) is 5.56 Å². The second-order valence-corrected chi connectivity index (χ2v) is 4.76. The van der Waals surface area contributed by atoms with Gasteiger partial charge < -0.3 is 16.0 Å². The molecule has 1 aromatic heterocycles. The van der Waals surface area contributed by atoms with Gasteiger partial charge >= 0.3 is 0 Å². The summed E-state index contributed by atoms with van der Waals surface area (Å²) in [6.07, 6.45) is 0. The molecule has 0 aliphatic carbocycles. The summed E-state index contributed by atoms with van der Waals surface area (Å²) in [5, 5.41) is 8.90. The molecule has 7 nitrogen and oxygen atoms in total. The predicted molar refractivity (Wildman–Crippen MR) is 78.3 cm³/mol. The van der Waals surface area contributed by atoms with Gasteiger partial charge in [-0.25, -0.2) is 0 Å². The first kappa shape index (κ1) is 14.6. The maximum atomic E-state index is 12.3. The number of amides is 2. The Morgan fingerprint density at radius 3 is 2.48 bits per heavy atom. The number of nitrogens with one attached hydrogen (secondary N) is 2. The second kappa shape index (κ2) is 6.08. The average molecular weight is 287 g/mol. The second-order valence-electron chi connectivity index (χ2n) is 4.76. The molecule has 0 saturated heterocycles. The topological polar surface area (TPSA) is 104 Å². The Labute approximate surface area is 122 Å². The molecular weight excluding hydrogens is 270 g/mol. The maximum absolute atomic E-state index is 12.3. The van der Waals surface area contributed by atoms with E-state index in [9.17, 15) is 9.59 Å². The lowest BCUT2D eigenvalue weighted by molar-refractivity contribution is -0.130. The number of nitrogen functional groups attached to an aromatic ring is 1. The third kappa shape index (κ3) is 3.38. The zero-order valence-electron chi connectivity index (χ0n) is 11.8. The molecule has 0 aliphatic heterocycles. The lowest BCUT2D eigenvalue weighted by Gasteiger charge is -2.21. The Kier molecular flexibility index (Phi) is 4.22. The largest absolute Gasteiger partial charge is 0.382 e. The number of rotatable bonds is 4. The molecule has 1 atom stereocenters. The van der Waals surface area contributed by atoms with Crippen LogP contribution in [0.3, 0.4) is 0 Å². The van der Waals surface area contributed by atoms with Crippen molar-refractivity contribution in [1.29, 1.82) is 0 Å². The van der Waals surface area contributed by atoms with Crippen molar-refractivity contribution in [1.82, 2.24) is 20.4 Å². The van der Waals surface area contributed by atoms with E-state index < -0.39 is 11.9 Å². The summed E-state index contributed by atoms with van der Waals surface area (Å²) < 4.78 is 0. The average Bonchev–Trinajstić information content (AvgIpc) is 2.91. The summed E-state index contributed by atoms with van der Waals surface area (Å²) in [6, 6.07) is 9.69. The molecule has 1 aromatic carbocycles. The van der Waals surface area contributed by atoms with Crippen LogP contribution in [-0.2, 0) is 4.79 Å². The summed E-state index contributed by atoms with van der Waals surface area (Å²) in [5.74, 6) is -0.444. The van der Waals surface area contributed by atoms with E-state index in [2.05, 4.69) is 15.5 Å². The van der Waals surface area contributed by atoms with Gasteiger partial charge in [-0.2, -0.15) is 5.10 Å². The van der Waals surface area contributed by atoms with Gasteiger partial charge in [0.1, 0.15) is 17.6 Å². The number of hydrogen-bond donors (Lipinski definition) is 3. The quantitative estimate of drug-likeness (QED) is 0.763. The van der Waals surface area contributed by atoms with Gasteiger partial charge in [0.05, 0.1) is 0 Å². The highest BCUT2D eigenvalue weighted by atomic mass is 16.2. The highest BCUT2D eigenvalue weighted by Crippen LogP contribution is 2.15. The van der Waals surface area contributed by atoms with Crippen molar-refractivity contribution in [2.45, 2.75) is 6.04 Å². The lowest BCUT2D eigenvalue weighted by atomic mass is 10.1. The Morgan fingerprint density at radius 2 is 1.95 bits per heavy atom. The number of aromatic nitrogens is 2. The minimum absolute atomic E-state index is 0.208. The predicted octanol–water partition coefficient (Wildman–Crippen LogP) is 0.551. The van der Waals surface area contributed by atoms with Crippen LogP contribution >= 0.6 is 0 Å². The first-order chi connectivity index (χ1) is 9.99. The Bertz CT molecular complexity index is 636. The molecule has 21 heavy (non-hydrogen) atoms. The van der Waals surface area contributed by atoms with Crippen LogP contribution in [0.1, 0.15) is 22.1 Å². The molecular formula is C14H17N5O2. The van der Waals surface area contributed by atoms with Gasteiger partial charge in [-0.3, -0.25) is 14.7 Å². The first-order valence-corrected chi connectivity index (χ1v) is 6.37. The number of hydrogen-bond acceptors (Lipinski definition) is 4. The normalized spacial score (nSPS) is 11.7. The van der Waals surface area contributed by atoms with E-state index in [1.165, 1.54) is 11.0 Å². The molecule has 7 heteroatoms. The molecule has 2 aromatic rings. The van der Waals surface area contributed by atoms with Gasteiger partial charge in [-0.15, -0.1) is 0 Å². The van der Waals surface area contributed by atoms with Crippen molar-refractivity contribution in [3.05, 3.63) is 47.7 Å². The van der Waals surface area contributed by atoms with Crippen LogP contribution in [0.4, 0.5) is 5.82 Å². The summed E-state index contributed by atoms with van der Waals surface area (Å²) >= 11 is 0. The Morgan fingerprint density at radius 1 is 1.29 bits per heavy atom. The molecule has 1 heterocycles. The minimum atomic E-state index is -0.766. The SMILES string of the molecule is CN(C)C(=O)C(NC(=O)c1cc(N)n[nH]1)c1ccccc1. The third-order valence-corrected chi connectivity index (χ3v) is 2.94. The third-order valence-electron chi connectivity index (χ3n) is 2.94. The fourth-order valence-corrected chi connectivity index (χ4v) is 1.85. The number of nitrogens with zero attached hydrogens (tertiary/aromatic N) is 2. The molecule has 0 saturated carbocycles.